The summed E-state index contributed by atoms with van der Waals surface area (Å²) in [5, 5.41) is 9.65. The van der Waals surface area contributed by atoms with Gasteiger partial charge in [-0.3, -0.25) is 0 Å². The SMILES string of the molecule is CC(O)C(C)(CN)Cc1ccc(Br)s1. The fourth-order valence-electron chi connectivity index (χ4n) is 1.24. The first kappa shape index (κ1) is 12.2. The minimum Gasteiger partial charge on any atom is -0.393 e. The molecule has 0 spiro atoms. The lowest BCUT2D eigenvalue weighted by atomic mass is 9.81. The predicted octanol–water partition coefficient (Wildman–Crippen LogP) is 2.40. The topological polar surface area (TPSA) is 46.2 Å². The molecule has 0 aliphatic rings. The van der Waals surface area contributed by atoms with E-state index in [1.807, 2.05) is 13.0 Å². The zero-order chi connectivity index (χ0) is 10.8. The van der Waals surface area contributed by atoms with E-state index in [1.54, 1.807) is 18.3 Å². The Morgan fingerprint density at radius 2 is 2.29 bits per heavy atom. The van der Waals surface area contributed by atoms with Gasteiger partial charge in [0.15, 0.2) is 0 Å². The fourth-order valence-corrected chi connectivity index (χ4v) is 2.92. The molecule has 3 N–H and O–H groups in total. The van der Waals surface area contributed by atoms with E-state index in [1.165, 1.54) is 4.88 Å². The summed E-state index contributed by atoms with van der Waals surface area (Å²) in [6.07, 6.45) is 0.450. The van der Waals surface area contributed by atoms with Gasteiger partial charge in [-0.15, -0.1) is 11.3 Å². The Bertz CT molecular complexity index is 300. The van der Waals surface area contributed by atoms with Crippen molar-refractivity contribution in [3.8, 4) is 0 Å². The minimum absolute atomic E-state index is 0.218. The molecule has 0 aromatic carbocycles. The zero-order valence-electron chi connectivity index (χ0n) is 8.46. The van der Waals surface area contributed by atoms with Crippen molar-refractivity contribution in [3.05, 3.63) is 20.8 Å². The van der Waals surface area contributed by atoms with Crippen LogP contribution in [-0.4, -0.2) is 17.8 Å². The molecule has 2 atom stereocenters. The Balaban J connectivity index is 2.75. The van der Waals surface area contributed by atoms with Gasteiger partial charge in [0, 0.05) is 16.8 Å². The summed E-state index contributed by atoms with van der Waals surface area (Å²) in [7, 11) is 0. The van der Waals surface area contributed by atoms with E-state index in [0.717, 1.165) is 10.2 Å². The van der Waals surface area contributed by atoms with Gasteiger partial charge in [-0.05, 0) is 41.4 Å². The second-order valence-corrected chi connectivity index (χ2v) is 6.46. The average molecular weight is 278 g/mol. The first-order valence-electron chi connectivity index (χ1n) is 4.60. The van der Waals surface area contributed by atoms with Crippen LogP contribution in [0.3, 0.4) is 0 Å². The first-order valence-corrected chi connectivity index (χ1v) is 6.21. The van der Waals surface area contributed by atoms with Crippen LogP contribution in [0.1, 0.15) is 18.7 Å². The maximum Gasteiger partial charge on any atom is 0.0701 e. The predicted molar refractivity (Wildman–Crippen MR) is 64.6 cm³/mol. The Labute approximate surface area is 97.3 Å². The Morgan fingerprint density at radius 3 is 2.64 bits per heavy atom. The number of hydrogen-bond acceptors (Lipinski definition) is 3. The smallest absolute Gasteiger partial charge is 0.0701 e. The van der Waals surface area contributed by atoms with Crippen molar-refractivity contribution >= 4 is 27.3 Å². The highest BCUT2D eigenvalue weighted by Gasteiger charge is 2.29. The maximum atomic E-state index is 9.65. The highest BCUT2D eigenvalue weighted by molar-refractivity contribution is 9.11. The van der Waals surface area contributed by atoms with Crippen LogP contribution in [0, 0.1) is 5.41 Å². The van der Waals surface area contributed by atoms with Crippen molar-refractivity contribution in [2.75, 3.05) is 6.54 Å². The van der Waals surface area contributed by atoms with Gasteiger partial charge < -0.3 is 10.8 Å². The molecule has 80 valence electrons. The summed E-state index contributed by atoms with van der Waals surface area (Å²) in [5.41, 5.74) is 5.48. The third kappa shape index (κ3) is 2.79. The van der Waals surface area contributed by atoms with E-state index in [9.17, 15) is 5.11 Å². The van der Waals surface area contributed by atoms with Gasteiger partial charge >= 0.3 is 0 Å². The Morgan fingerprint density at radius 1 is 1.64 bits per heavy atom. The van der Waals surface area contributed by atoms with Crippen molar-refractivity contribution < 1.29 is 5.11 Å². The summed E-state index contributed by atoms with van der Waals surface area (Å²) < 4.78 is 1.12. The molecule has 0 bridgehead atoms. The van der Waals surface area contributed by atoms with Gasteiger partial charge in [0.2, 0.25) is 0 Å². The van der Waals surface area contributed by atoms with E-state index < -0.39 is 0 Å². The van der Waals surface area contributed by atoms with E-state index in [2.05, 4.69) is 22.0 Å². The van der Waals surface area contributed by atoms with Crippen LogP contribution in [0.15, 0.2) is 15.9 Å². The third-order valence-corrected chi connectivity index (χ3v) is 4.31. The first-order chi connectivity index (χ1) is 6.48. The molecule has 0 aliphatic heterocycles. The van der Waals surface area contributed by atoms with E-state index in [-0.39, 0.29) is 11.5 Å². The number of thiophene rings is 1. The number of hydrogen-bond donors (Lipinski definition) is 2. The molecule has 0 saturated heterocycles. The van der Waals surface area contributed by atoms with Crippen molar-refractivity contribution in [1.29, 1.82) is 0 Å². The Kier molecular flexibility index (Phi) is 4.13. The molecule has 1 rings (SSSR count). The number of rotatable bonds is 4. The molecule has 2 nitrogen and oxygen atoms in total. The fraction of sp³-hybridized carbons (Fsp3) is 0.600. The number of aliphatic hydroxyl groups is 1. The summed E-state index contributed by atoms with van der Waals surface area (Å²) in [6, 6.07) is 4.10. The lowest BCUT2D eigenvalue weighted by molar-refractivity contribution is 0.0595. The molecule has 0 amide bonds. The molecular weight excluding hydrogens is 262 g/mol. The molecule has 1 aromatic heterocycles. The monoisotopic (exact) mass is 277 g/mol. The van der Waals surface area contributed by atoms with Crippen LogP contribution in [-0.2, 0) is 6.42 Å². The second kappa shape index (κ2) is 4.75. The summed E-state index contributed by atoms with van der Waals surface area (Å²) in [4.78, 5) is 1.26. The van der Waals surface area contributed by atoms with Crippen molar-refractivity contribution in [3.63, 3.8) is 0 Å². The van der Waals surface area contributed by atoms with Gasteiger partial charge in [-0.1, -0.05) is 6.92 Å². The lowest BCUT2D eigenvalue weighted by Crippen LogP contribution is -2.39. The van der Waals surface area contributed by atoms with Crippen LogP contribution in [0.5, 0.6) is 0 Å². The van der Waals surface area contributed by atoms with Crippen molar-refractivity contribution in [1.82, 2.24) is 0 Å². The summed E-state index contributed by atoms with van der Waals surface area (Å²) >= 11 is 5.12. The number of halogens is 1. The average Bonchev–Trinajstić information content (AvgIpc) is 2.50. The van der Waals surface area contributed by atoms with Gasteiger partial charge in [-0.2, -0.15) is 0 Å². The quantitative estimate of drug-likeness (QED) is 0.888. The van der Waals surface area contributed by atoms with Gasteiger partial charge in [0.05, 0.1) is 9.89 Å². The van der Waals surface area contributed by atoms with Crippen LogP contribution in [0.25, 0.3) is 0 Å². The van der Waals surface area contributed by atoms with E-state index in [4.69, 9.17) is 5.73 Å². The number of aliphatic hydroxyl groups excluding tert-OH is 1. The second-order valence-electron chi connectivity index (χ2n) is 3.92. The zero-order valence-corrected chi connectivity index (χ0v) is 10.9. The number of nitrogens with two attached hydrogens (primary N) is 1. The summed E-state index contributed by atoms with van der Waals surface area (Å²) in [5.74, 6) is 0. The molecule has 0 radical (unpaired) electrons. The van der Waals surface area contributed by atoms with E-state index >= 15 is 0 Å². The standard InChI is InChI=1S/C10H16BrNOS/c1-7(13)10(2,6-12)5-8-3-4-9(11)14-8/h3-4,7,13H,5-6,12H2,1-2H3. The summed E-state index contributed by atoms with van der Waals surface area (Å²) in [6.45, 7) is 4.32. The molecule has 1 aromatic rings. The normalized spacial score (nSPS) is 17.8. The van der Waals surface area contributed by atoms with Crippen molar-refractivity contribution in [2.45, 2.75) is 26.4 Å². The molecule has 2 unspecified atom stereocenters. The molecular formula is C10H16BrNOS. The third-order valence-electron chi connectivity index (χ3n) is 2.68. The molecule has 1 heterocycles. The minimum atomic E-state index is -0.381. The maximum absolute atomic E-state index is 9.65. The molecule has 0 aliphatic carbocycles. The molecule has 0 fully saturated rings. The van der Waals surface area contributed by atoms with Crippen LogP contribution < -0.4 is 5.73 Å². The van der Waals surface area contributed by atoms with Gasteiger partial charge in [-0.25, -0.2) is 0 Å². The van der Waals surface area contributed by atoms with Gasteiger partial charge in [0.25, 0.3) is 0 Å². The van der Waals surface area contributed by atoms with Crippen LogP contribution in [0.2, 0.25) is 0 Å². The van der Waals surface area contributed by atoms with Crippen LogP contribution in [0.4, 0.5) is 0 Å². The highest BCUT2D eigenvalue weighted by Crippen LogP contribution is 2.31. The molecule has 0 saturated carbocycles. The lowest BCUT2D eigenvalue weighted by Gasteiger charge is -2.30. The highest BCUT2D eigenvalue weighted by atomic mass is 79.9. The largest absolute Gasteiger partial charge is 0.393 e. The van der Waals surface area contributed by atoms with Crippen LogP contribution >= 0.6 is 27.3 Å². The van der Waals surface area contributed by atoms with E-state index in [0.29, 0.717) is 6.54 Å². The van der Waals surface area contributed by atoms with Gasteiger partial charge in [0.1, 0.15) is 0 Å². The molecule has 14 heavy (non-hydrogen) atoms. The van der Waals surface area contributed by atoms with Crippen molar-refractivity contribution in [2.24, 2.45) is 11.1 Å². The Hall–Kier alpha value is 0.1000. The molecule has 4 heteroatoms.